The van der Waals surface area contributed by atoms with Crippen LogP contribution in [0.2, 0.25) is 0 Å². The van der Waals surface area contributed by atoms with E-state index in [1.807, 2.05) is 54.6 Å². The molecule has 0 saturated carbocycles. The molecule has 0 spiro atoms. The first-order chi connectivity index (χ1) is 16.1. The van der Waals surface area contributed by atoms with Gasteiger partial charge in [-0.1, -0.05) is 97.1 Å². The number of nitrogens with zero attached hydrogens (tertiary/aromatic N) is 1. The van der Waals surface area contributed by atoms with Crippen molar-refractivity contribution in [2.45, 2.75) is 10.9 Å². The molecule has 1 N–H and O–H groups in total. The molecule has 1 aromatic heterocycles. The van der Waals surface area contributed by atoms with Crippen molar-refractivity contribution < 1.29 is 14.6 Å². The number of carbonyl (C=O) groups excluding carboxylic acids is 1. The molecule has 4 nitrogen and oxygen atoms in total. The molecule has 0 aliphatic carbocycles. The lowest BCUT2D eigenvalue weighted by molar-refractivity contribution is 0.0593. The molecule has 0 aliphatic heterocycles. The van der Waals surface area contributed by atoms with Gasteiger partial charge >= 0.3 is 5.97 Å². The highest BCUT2D eigenvalue weighted by Crippen LogP contribution is 2.49. The number of ether oxygens (including phenoxy) is 1. The van der Waals surface area contributed by atoms with E-state index >= 15 is 0 Å². The Morgan fingerprint density at radius 2 is 1.30 bits per heavy atom. The third-order valence-electron chi connectivity index (χ3n) is 5.51. The molecule has 33 heavy (non-hydrogen) atoms. The Balaban J connectivity index is 1.76. The number of carbonyl (C=O) groups is 1. The third-order valence-corrected chi connectivity index (χ3v) is 7.13. The fourth-order valence-corrected chi connectivity index (χ4v) is 5.40. The average molecular weight is 456 g/mol. The van der Waals surface area contributed by atoms with E-state index in [-0.39, 0.29) is 5.69 Å². The molecule has 166 valence electrons. The van der Waals surface area contributed by atoms with Crippen LogP contribution in [0.3, 0.4) is 0 Å². The second kappa shape index (κ2) is 10.5. The Bertz CT molecular complexity index is 1090. The Kier molecular flexibility index (Phi) is 7.23. The number of benzene rings is 3. The fourth-order valence-electron chi connectivity index (χ4n) is 3.91. The van der Waals surface area contributed by atoms with Crippen molar-refractivity contribution >= 4 is 17.7 Å². The van der Waals surface area contributed by atoms with E-state index in [1.165, 1.54) is 7.11 Å². The smallest absolute Gasteiger partial charge is 0.356 e. The lowest BCUT2D eigenvalue weighted by Crippen LogP contribution is -2.27. The number of hydrogen-bond acceptors (Lipinski definition) is 5. The highest BCUT2D eigenvalue weighted by atomic mass is 32.2. The van der Waals surface area contributed by atoms with Crippen LogP contribution in [-0.4, -0.2) is 28.9 Å². The van der Waals surface area contributed by atoms with Crippen LogP contribution >= 0.6 is 11.8 Å². The van der Waals surface area contributed by atoms with Crippen molar-refractivity contribution in [1.82, 2.24) is 4.98 Å². The normalized spacial score (nSPS) is 12.2. The van der Waals surface area contributed by atoms with Gasteiger partial charge in [0.2, 0.25) is 0 Å². The van der Waals surface area contributed by atoms with E-state index in [4.69, 9.17) is 4.74 Å². The highest BCUT2D eigenvalue weighted by molar-refractivity contribution is 8.00. The number of aliphatic hydroxyl groups excluding tert-OH is 1. The zero-order chi connectivity index (χ0) is 23.1. The van der Waals surface area contributed by atoms with Crippen LogP contribution in [0, 0.1) is 0 Å². The van der Waals surface area contributed by atoms with Crippen LogP contribution in [-0.2, 0) is 9.48 Å². The molecule has 0 unspecified atom stereocenters. The zero-order valence-corrected chi connectivity index (χ0v) is 19.1. The maximum atomic E-state index is 11.9. The second-order valence-electron chi connectivity index (χ2n) is 7.55. The van der Waals surface area contributed by atoms with Crippen LogP contribution < -0.4 is 0 Å². The van der Waals surface area contributed by atoms with Crippen molar-refractivity contribution in [2.24, 2.45) is 0 Å². The molecular weight excluding hydrogens is 430 g/mol. The number of rotatable bonds is 8. The third kappa shape index (κ3) is 4.85. The van der Waals surface area contributed by atoms with E-state index in [0.717, 1.165) is 16.7 Å². The van der Waals surface area contributed by atoms with Gasteiger partial charge < -0.3 is 9.84 Å². The van der Waals surface area contributed by atoms with Crippen molar-refractivity contribution in [2.75, 3.05) is 12.9 Å². The summed E-state index contributed by atoms with van der Waals surface area (Å²) in [5.41, 5.74) is 3.98. The molecule has 4 rings (SSSR count). The Morgan fingerprint density at radius 3 is 1.76 bits per heavy atom. The molecule has 0 radical (unpaired) electrons. The van der Waals surface area contributed by atoms with Crippen molar-refractivity contribution in [3.8, 4) is 0 Å². The Morgan fingerprint density at radius 1 is 0.818 bits per heavy atom. The molecular formula is C28H25NO3S. The summed E-state index contributed by atoms with van der Waals surface area (Å²) in [7, 11) is 1.32. The summed E-state index contributed by atoms with van der Waals surface area (Å²) in [5.74, 6) is -0.153. The molecule has 0 aliphatic rings. The summed E-state index contributed by atoms with van der Waals surface area (Å²) >= 11 is 1.65. The Hall–Kier alpha value is -3.41. The van der Waals surface area contributed by atoms with Gasteiger partial charge in [0, 0.05) is 5.75 Å². The van der Waals surface area contributed by atoms with Gasteiger partial charge in [0.15, 0.2) is 0 Å². The van der Waals surface area contributed by atoms with Crippen LogP contribution in [0.5, 0.6) is 0 Å². The predicted molar refractivity (Wildman–Crippen MR) is 132 cm³/mol. The molecule has 0 amide bonds. The zero-order valence-electron chi connectivity index (χ0n) is 18.3. The fraction of sp³-hybridized carbons (Fsp3) is 0.143. The van der Waals surface area contributed by atoms with Gasteiger partial charge in [0.25, 0.3) is 0 Å². The largest absolute Gasteiger partial charge is 0.464 e. The SMILES string of the molecule is COC(=O)c1cccc([C@H](O)CSC(c2ccccc2)(c2ccccc2)c2ccccc2)n1. The Labute approximate surface area is 198 Å². The number of hydrogen-bond donors (Lipinski definition) is 1. The quantitative estimate of drug-likeness (QED) is 0.276. The van der Waals surface area contributed by atoms with Crippen LogP contribution in [0.15, 0.2) is 109 Å². The van der Waals surface area contributed by atoms with Gasteiger partial charge in [-0.25, -0.2) is 9.78 Å². The number of methoxy groups -OCH3 is 1. The second-order valence-corrected chi connectivity index (χ2v) is 8.78. The molecule has 0 bridgehead atoms. The van der Waals surface area contributed by atoms with Gasteiger partial charge in [-0.2, -0.15) is 0 Å². The minimum absolute atomic E-state index is 0.180. The van der Waals surface area contributed by atoms with Gasteiger partial charge in [0.1, 0.15) is 11.8 Å². The van der Waals surface area contributed by atoms with E-state index in [9.17, 15) is 9.90 Å². The molecule has 0 saturated heterocycles. The molecule has 1 heterocycles. The standard InChI is InChI=1S/C28H25NO3S/c1-32-27(31)25-19-11-18-24(29-25)26(30)20-33-28(21-12-5-2-6-13-21,22-14-7-3-8-15-22)23-16-9-4-10-17-23/h2-19,26,30H,20H2,1H3/t26-/m1/s1. The van der Waals surface area contributed by atoms with E-state index in [0.29, 0.717) is 11.4 Å². The first-order valence-electron chi connectivity index (χ1n) is 10.7. The van der Waals surface area contributed by atoms with Gasteiger partial charge in [-0.05, 0) is 28.8 Å². The number of esters is 1. The molecule has 3 aromatic carbocycles. The summed E-state index contributed by atoms with van der Waals surface area (Å²) < 4.78 is 4.23. The average Bonchev–Trinajstić information content (AvgIpc) is 2.90. The minimum Gasteiger partial charge on any atom is -0.464 e. The number of pyridine rings is 1. The number of aliphatic hydroxyl groups is 1. The van der Waals surface area contributed by atoms with E-state index in [1.54, 1.807) is 30.0 Å². The highest BCUT2D eigenvalue weighted by Gasteiger charge is 2.37. The van der Waals surface area contributed by atoms with Crippen LogP contribution in [0.4, 0.5) is 0 Å². The summed E-state index contributed by atoms with van der Waals surface area (Å²) in [6.45, 7) is 0. The van der Waals surface area contributed by atoms with Gasteiger partial charge in [-0.3, -0.25) is 0 Å². The van der Waals surface area contributed by atoms with Crippen molar-refractivity contribution in [3.63, 3.8) is 0 Å². The van der Waals surface area contributed by atoms with Crippen molar-refractivity contribution in [3.05, 3.63) is 137 Å². The van der Waals surface area contributed by atoms with E-state index in [2.05, 4.69) is 41.4 Å². The number of aromatic nitrogens is 1. The van der Waals surface area contributed by atoms with Crippen LogP contribution in [0.25, 0.3) is 0 Å². The number of thioether (sulfide) groups is 1. The topological polar surface area (TPSA) is 59.4 Å². The van der Waals surface area contributed by atoms with Crippen molar-refractivity contribution in [1.29, 1.82) is 0 Å². The molecule has 4 aromatic rings. The molecule has 5 heteroatoms. The maximum Gasteiger partial charge on any atom is 0.356 e. The first-order valence-corrected chi connectivity index (χ1v) is 11.7. The lowest BCUT2D eigenvalue weighted by Gasteiger charge is -2.36. The van der Waals surface area contributed by atoms with E-state index < -0.39 is 16.8 Å². The summed E-state index contributed by atoms with van der Waals surface area (Å²) in [6.07, 6.45) is -0.866. The van der Waals surface area contributed by atoms with Gasteiger partial charge in [-0.15, -0.1) is 11.8 Å². The summed E-state index contributed by atoms with van der Waals surface area (Å²) in [4.78, 5) is 16.2. The minimum atomic E-state index is -0.866. The first kappa shape index (κ1) is 22.8. The molecule has 1 atom stereocenters. The lowest BCUT2D eigenvalue weighted by atomic mass is 9.84. The molecule has 0 fully saturated rings. The van der Waals surface area contributed by atoms with Gasteiger partial charge in [0.05, 0.1) is 17.6 Å². The predicted octanol–water partition coefficient (Wildman–Crippen LogP) is 5.63. The monoisotopic (exact) mass is 455 g/mol. The summed E-state index contributed by atoms with van der Waals surface area (Å²) in [6, 6.07) is 36.0. The summed E-state index contributed by atoms with van der Waals surface area (Å²) in [5, 5.41) is 11.1. The van der Waals surface area contributed by atoms with Crippen LogP contribution in [0.1, 0.15) is 39.0 Å². The maximum absolute atomic E-state index is 11.9.